The monoisotopic (exact) mass is 701 g/mol. The number of nitrogens with zero attached hydrogens (tertiary/aromatic N) is 2. The van der Waals surface area contributed by atoms with E-state index >= 15 is 0 Å². The molecule has 0 spiro atoms. The number of aromatic nitrogens is 2. The summed E-state index contributed by atoms with van der Waals surface area (Å²) in [5.74, 6) is -0.473. The lowest BCUT2D eigenvalue weighted by Gasteiger charge is -2.37. The quantitative estimate of drug-likeness (QED) is 0.108. The predicted molar refractivity (Wildman–Crippen MR) is 193 cm³/mol. The lowest BCUT2D eigenvalue weighted by atomic mass is 9.80. The van der Waals surface area contributed by atoms with Crippen molar-refractivity contribution in [3.63, 3.8) is 0 Å². The molecular weight excluding hydrogens is 662 g/mol. The summed E-state index contributed by atoms with van der Waals surface area (Å²) in [6.45, 7) is 1.38. The second-order valence-corrected chi connectivity index (χ2v) is 12.4. The van der Waals surface area contributed by atoms with Crippen LogP contribution < -0.4 is 15.7 Å². The van der Waals surface area contributed by atoms with Crippen LogP contribution in [0, 0.1) is 0 Å². The number of hydrogen-bond donors (Lipinski definition) is 1. The number of hydrogen-bond acceptors (Lipinski definition) is 9. The van der Waals surface area contributed by atoms with Crippen LogP contribution in [-0.2, 0) is 29.4 Å². The third kappa shape index (κ3) is 8.17. The summed E-state index contributed by atoms with van der Waals surface area (Å²) in [7, 11) is 1.53. The second-order valence-electron chi connectivity index (χ2n) is 12.4. The van der Waals surface area contributed by atoms with Crippen molar-refractivity contribution in [2.75, 3.05) is 19.0 Å². The van der Waals surface area contributed by atoms with Gasteiger partial charge < -0.3 is 29.1 Å². The summed E-state index contributed by atoms with van der Waals surface area (Å²) in [6, 6.07) is 37.5. The number of benzene rings is 4. The summed E-state index contributed by atoms with van der Waals surface area (Å²) in [4.78, 5) is 54.8. The molecule has 1 N–H and O–H groups in total. The Balaban J connectivity index is 1.28. The molecule has 1 aromatic heterocycles. The molecule has 5 aromatic rings. The van der Waals surface area contributed by atoms with Crippen molar-refractivity contribution >= 4 is 23.5 Å². The fourth-order valence-corrected chi connectivity index (χ4v) is 6.26. The van der Waals surface area contributed by atoms with E-state index < -0.39 is 41.6 Å². The first-order valence-electron chi connectivity index (χ1n) is 17.0. The summed E-state index contributed by atoms with van der Waals surface area (Å²) in [6.07, 6.45) is -0.934. The van der Waals surface area contributed by atoms with Crippen molar-refractivity contribution in [2.24, 2.45) is 0 Å². The van der Waals surface area contributed by atoms with Gasteiger partial charge in [-0.2, -0.15) is 4.98 Å². The molecule has 6 rings (SSSR count). The number of Topliss-reactive ketones (excluding diaryl/α,β-unsaturated/α-hetero) is 1. The molecule has 1 aliphatic heterocycles. The first-order chi connectivity index (χ1) is 25.3. The fourth-order valence-electron chi connectivity index (χ4n) is 6.26. The Kier molecular flexibility index (Phi) is 11.3. The zero-order chi connectivity index (χ0) is 36.5. The molecule has 2 heterocycles. The van der Waals surface area contributed by atoms with Gasteiger partial charge in [0.05, 0.1) is 20.1 Å². The molecule has 1 amide bonds. The van der Waals surface area contributed by atoms with Crippen LogP contribution in [-0.4, -0.2) is 53.1 Å². The maximum Gasteiger partial charge on any atom is 0.351 e. The van der Waals surface area contributed by atoms with Crippen molar-refractivity contribution in [3.05, 3.63) is 160 Å². The van der Waals surface area contributed by atoms with Crippen LogP contribution in [0.2, 0.25) is 0 Å². The Morgan fingerprint density at radius 1 is 0.827 bits per heavy atom. The molecule has 11 heteroatoms. The first kappa shape index (κ1) is 35.9. The van der Waals surface area contributed by atoms with Gasteiger partial charge in [-0.25, -0.2) is 4.79 Å². The zero-order valence-corrected chi connectivity index (χ0v) is 28.8. The van der Waals surface area contributed by atoms with Crippen LogP contribution >= 0.6 is 0 Å². The van der Waals surface area contributed by atoms with Crippen molar-refractivity contribution in [2.45, 2.75) is 50.2 Å². The highest BCUT2D eigenvalue weighted by molar-refractivity contribution is 6.03. The SMILES string of the molecule is COc1ccc(C(=O)Nc2ccn([C@H]3CC(OC(=O)CCC(C)=O)[C@@H](COC(c4ccccc4)(c4ccccc4)c4ccccc4)O3)c(=O)n2)cc1. The molecule has 52 heavy (non-hydrogen) atoms. The summed E-state index contributed by atoms with van der Waals surface area (Å²) in [5.41, 5.74) is 1.25. The van der Waals surface area contributed by atoms with E-state index in [9.17, 15) is 19.2 Å². The predicted octanol–water partition coefficient (Wildman–Crippen LogP) is 6.08. The Hall–Kier alpha value is -5.91. The van der Waals surface area contributed by atoms with Gasteiger partial charge in [-0.05, 0) is 53.9 Å². The first-order valence-corrected chi connectivity index (χ1v) is 17.0. The Labute approximate surface area is 301 Å². The highest BCUT2D eigenvalue weighted by Gasteiger charge is 2.44. The fraction of sp³-hybridized carbons (Fsp3) is 0.244. The standard InChI is InChI=1S/C41H39N3O8/c1-28(45)18-23-38(46)52-34-26-37(44-25-24-36(43-40(44)48)42-39(47)29-19-21-33(49-2)22-20-29)51-35(34)27-50-41(30-12-6-3-7-13-30,31-14-8-4-9-15-31)32-16-10-5-11-17-32/h3-17,19-22,24-25,34-35,37H,18,23,26-27H2,1-2H3,(H,42,43,47,48)/t34?,35-,37-/m1/s1. The maximum atomic E-state index is 13.3. The number of anilines is 1. The third-order valence-electron chi connectivity index (χ3n) is 8.88. The van der Waals surface area contributed by atoms with Gasteiger partial charge in [-0.1, -0.05) is 91.0 Å². The van der Waals surface area contributed by atoms with Gasteiger partial charge in [0.1, 0.15) is 41.4 Å². The van der Waals surface area contributed by atoms with Gasteiger partial charge in [-0.15, -0.1) is 0 Å². The van der Waals surface area contributed by atoms with Gasteiger partial charge >= 0.3 is 11.7 Å². The molecule has 1 saturated heterocycles. The third-order valence-corrected chi connectivity index (χ3v) is 8.88. The number of methoxy groups -OCH3 is 1. The van der Waals surface area contributed by atoms with Crippen molar-refractivity contribution in [1.29, 1.82) is 0 Å². The van der Waals surface area contributed by atoms with Crippen LogP contribution in [0.25, 0.3) is 0 Å². The number of nitrogens with one attached hydrogen (secondary N) is 1. The summed E-state index contributed by atoms with van der Waals surface area (Å²) in [5, 5.41) is 2.64. The molecule has 0 radical (unpaired) electrons. The van der Waals surface area contributed by atoms with Crippen molar-refractivity contribution in [3.8, 4) is 5.75 Å². The molecule has 4 aromatic carbocycles. The van der Waals surface area contributed by atoms with Crippen LogP contribution in [0.1, 0.15) is 59.5 Å². The number of rotatable bonds is 14. The molecular formula is C41H39N3O8. The van der Waals surface area contributed by atoms with E-state index in [0.717, 1.165) is 16.7 Å². The van der Waals surface area contributed by atoms with Gasteiger partial charge in [0.25, 0.3) is 5.91 Å². The number of ketones is 1. The number of carbonyl (C=O) groups excluding carboxylic acids is 3. The van der Waals surface area contributed by atoms with E-state index in [-0.39, 0.29) is 37.5 Å². The van der Waals surface area contributed by atoms with Crippen molar-refractivity contribution in [1.82, 2.24) is 9.55 Å². The lowest BCUT2D eigenvalue weighted by molar-refractivity contribution is -0.156. The highest BCUT2D eigenvalue weighted by Crippen LogP contribution is 2.42. The van der Waals surface area contributed by atoms with E-state index in [1.807, 2.05) is 91.0 Å². The zero-order valence-electron chi connectivity index (χ0n) is 28.8. The number of amides is 1. The number of esters is 1. The van der Waals surface area contributed by atoms with Crippen LogP contribution in [0.3, 0.4) is 0 Å². The second kappa shape index (κ2) is 16.4. The highest BCUT2D eigenvalue weighted by atomic mass is 16.6. The summed E-state index contributed by atoms with van der Waals surface area (Å²) < 4.78 is 25.8. The molecule has 1 unspecified atom stereocenters. The van der Waals surface area contributed by atoms with E-state index in [1.54, 1.807) is 24.3 Å². The largest absolute Gasteiger partial charge is 0.497 e. The molecule has 1 aliphatic rings. The van der Waals surface area contributed by atoms with Crippen molar-refractivity contribution < 1.29 is 33.3 Å². The molecule has 1 fully saturated rings. The topological polar surface area (TPSA) is 135 Å². The van der Waals surface area contributed by atoms with Crippen LogP contribution in [0.4, 0.5) is 5.82 Å². The molecule has 3 atom stereocenters. The smallest absolute Gasteiger partial charge is 0.351 e. The maximum absolute atomic E-state index is 13.3. The minimum absolute atomic E-state index is 0.0297. The van der Waals surface area contributed by atoms with Gasteiger partial charge in [0.15, 0.2) is 0 Å². The van der Waals surface area contributed by atoms with E-state index in [0.29, 0.717) is 11.3 Å². The van der Waals surface area contributed by atoms with Gasteiger partial charge in [0, 0.05) is 24.6 Å². The van der Waals surface area contributed by atoms with E-state index in [2.05, 4.69) is 10.3 Å². The van der Waals surface area contributed by atoms with Crippen LogP contribution in [0.5, 0.6) is 5.75 Å². The molecule has 266 valence electrons. The Morgan fingerprint density at radius 3 is 1.92 bits per heavy atom. The van der Waals surface area contributed by atoms with E-state index in [1.165, 1.54) is 30.9 Å². The molecule has 11 nitrogen and oxygen atoms in total. The normalized spacial score (nSPS) is 16.9. The minimum Gasteiger partial charge on any atom is -0.497 e. The molecule has 0 saturated carbocycles. The summed E-state index contributed by atoms with van der Waals surface area (Å²) >= 11 is 0. The lowest BCUT2D eigenvalue weighted by Crippen LogP contribution is -2.39. The Morgan fingerprint density at radius 2 is 1.40 bits per heavy atom. The van der Waals surface area contributed by atoms with E-state index in [4.69, 9.17) is 18.9 Å². The van der Waals surface area contributed by atoms with Crippen LogP contribution in [0.15, 0.2) is 132 Å². The van der Waals surface area contributed by atoms with Gasteiger partial charge in [0.2, 0.25) is 0 Å². The minimum atomic E-state index is -1.07. The molecule has 0 bridgehead atoms. The molecule has 0 aliphatic carbocycles. The van der Waals surface area contributed by atoms with Gasteiger partial charge in [-0.3, -0.25) is 14.2 Å². The number of ether oxygens (including phenoxy) is 4. The average Bonchev–Trinajstić information content (AvgIpc) is 3.57. The Bertz CT molecular complexity index is 1940. The average molecular weight is 702 g/mol. The number of carbonyl (C=O) groups is 3.